The van der Waals surface area contributed by atoms with E-state index in [1.807, 2.05) is 6.08 Å². The number of alkyl halides is 3. The minimum atomic E-state index is -4.48. The van der Waals surface area contributed by atoms with Crippen molar-refractivity contribution in [2.24, 2.45) is 0 Å². The predicted octanol–water partition coefficient (Wildman–Crippen LogP) is 3.26. The molecule has 0 radical (unpaired) electrons. The Balaban J connectivity index is 2.05. The second-order valence-corrected chi connectivity index (χ2v) is 8.58. The van der Waals surface area contributed by atoms with Crippen LogP contribution >= 0.6 is 0 Å². The lowest BCUT2D eigenvalue weighted by Gasteiger charge is -2.23. The summed E-state index contributed by atoms with van der Waals surface area (Å²) in [5.74, 6) is 0.407. The highest BCUT2D eigenvalue weighted by molar-refractivity contribution is 7.89. The van der Waals surface area contributed by atoms with Gasteiger partial charge in [-0.15, -0.1) is 0 Å². The van der Waals surface area contributed by atoms with E-state index in [9.17, 15) is 21.6 Å². The average molecular weight is 401 g/mol. The van der Waals surface area contributed by atoms with Crippen LogP contribution in [0.5, 0.6) is 5.75 Å². The molecule has 27 heavy (non-hydrogen) atoms. The molecule has 2 heterocycles. The molecule has 0 aliphatic carbocycles. The number of ether oxygens (including phenoxy) is 2. The minimum Gasteiger partial charge on any atom is -0.487 e. The lowest BCUT2D eigenvalue weighted by molar-refractivity contribution is -0.153. The maximum absolute atomic E-state index is 12.6. The number of hydrogen-bond acceptors (Lipinski definition) is 5. The van der Waals surface area contributed by atoms with Crippen LogP contribution < -0.4 is 4.74 Å². The summed E-state index contributed by atoms with van der Waals surface area (Å²) in [6, 6.07) is 4.38. The van der Waals surface area contributed by atoms with Crippen LogP contribution in [0.25, 0.3) is 5.57 Å². The van der Waals surface area contributed by atoms with Crippen molar-refractivity contribution in [3.05, 3.63) is 59.1 Å². The zero-order valence-electron chi connectivity index (χ0n) is 14.7. The SMILES string of the molecule is CN1C=C2OCC=C2C(c2cc(CS(C)(=O)=O)ccc2OCC(F)(F)F)=C1. The Kier molecular flexibility index (Phi) is 4.98. The van der Waals surface area contributed by atoms with Gasteiger partial charge in [-0.3, -0.25) is 0 Å². The first-order valence-electron chi connectivity index (χ1n) is 8.02. The predicted molar refractivity (Wildman–Crippen MR) is 94.4 cm³/mol. The van der Waals surface area contributed by atoms with Gasteiger partial charge in [-0.2, -0.15) is 13.2 Å². The fourth-order valence-corrected chi connectivity index (χ4v) is 3.70. The molecule has 0 saturated carbocycles. The van der Waals surface area contributed by atoms with Crippen LogP contribution in [0.15, 0.2) is 48.0 Å². The molecule has 9 heteroatoms. The fourth-order valence-electron chi connectivity index (χ4n) is 2.92. The standard InChI is InChI=1S/C18H18F3NO4S/c1-22-8-15(13-5-6-25-17(13)9-22)14-7-12(10-27(2,23)24)3-4-16(14)26-11-18(19,20)21/h3-5,7-9H,6,10-11H2,1-2H3. The molecule has 0 atom stereocenters. The van der Waals surface area contributed by atoms with Crippen molar-refractivity contribution in [2.75, 3.05) is 26.5 Å². The molecule has 0 N–H and O–H groups in total. The summed E-state index contributed by atoms with van der Waals surface area (Å²) < 4.78 is 71.6. The highest BCUT2D eigenvalue weighted by atomic mass is 32.2. The Labute approximate surface area is 155 Å². The molecule has 0 unspecified atom stereocenters. The van der Waals surface area contributed by atoms with Gasteiger partial charge in [-0.1, -0.05) is 6.07 Å². The zero-order chi connectivity index (χ0) is 19.8. The summed E-state index contributed by atoms with van der Waals surface area (Å²) in [5, 5.41) is 0. The van der Waals surface area contributed by atoms with Gasteiger partial charge in [0.25, 0.3) is 0 Å². The Morgan fingerprint density at radius 2 is 1.96 bits per heavy atom. The summed E-state index contributed by atoms with van der Waals surface area (Å²) in [4.78, 5) is 1.73. The molecule has 1 aromatic rings. The molecule has 146 valence electrons. The monoisotopic (exact) mass is 401 g/mol. The normalized spacial score (nSPS) is 16.9. The van der Waals surface area contributed by atoms with Crippen LogP contribution in [-0.2, 0) is 20.3 Å². The number of allylic oxidation sites excluding steroid dienone is 1. The number of nitrogens with zero attached hydrogens (tertiary/aromatic N) is 1. The van der Waals surface area contributed by atoms with E-state index >= 15 is 0 Å². The van der Waals surface area contributed by atoms with Gasteiger partial charge in [0.1, 0.15) is 18.1 Å². The van der Waals surface area contributed by atoms with Gasteiger partial charge < -0.3 is 14.4 Å². The van der Waals surface area contributed by atoms with Gasteiger partial charge in [0.2, 0.25) is 0 Å². The minimum absolute atomic E-state index is 0.0262. The maximum atomic E-state index is 12.6. The third-order valence-corrected chi connectivity index (χ3v) is 4.75. The molecule has 0 fully saturated rings. The van der Waals surface area contributed by atoms with E-state index in [1.165, 1.54) is 12.1 Å². The largest absolute Gasteiger partial charge is 0.487 e. The second kappa shape index (κ2) is 6.95. The first-order valence-corrected chi connectivity index (χ1v) is 10.1. The van der Waals surface area contributed by atoms with Gasteiger partial charge in [-0.25, -0.2) is 8.42 Å². The first kappa shape index (κ1) is 19.3. The molecule has 0 amide bonds. The molecule has 3 rings (SSSR count). The average Bonchev–Trinajstić information content (AvgIpc) is 2.98. The van der Waals surface area contributed by atoms with Crippen LogP contribution in [0.1, 0.15) is 11.1 Å². The van der Waals surface area contributed by atoms with E-state index in [-0.39, 0.29) is 11.5 Å². The third kappa shape index (κ3) is 4.85. The van der Waals surface area contributed by atoms with E-state index in [0.717, 1.165) is 11.8 Å². The quantitative estimate of drug-likeness (QED) is 0.758. The summed E-state index contributed by atoms with van der Waals surface area (Å²) >= 11 is 0. The number of hydrogen-bond donors (Lipinski definition) is 0. The number of benzene rings is 1. The highest BCUT2D eigenvalue weighted by Gasteiger charge is 2.30. The molecule has 1 aromatic carbocycles. The van der Waals surface area contributed by atoms with E-state index in [4.69, 9.17) is 9.47 Å². The number of rotatable bonds is 5. The molecular weight excluding hydrogens is 383 g/mol. The molecule has 2 aliphatic rings. The van der Waals surface area contributed by atoms with E-state index in [2.05, 4.69) is 0 Å². The zero-order valence-corrected chi connectivity index (χ0v) is 15.5. The van der Waals surface area contributed by atoms with Crippen molar-refractivity contribution >= 4 is 15.4 Å². The van der Waals surface area contributed by atoms with Crippen molar-refractivity contribution in [1.82, 2.24) is 4.90 Å². The smallest absolute Gasteiger partial charge is 0.422 e. The van der Waals surface area contributed by atoms with Gasteiger partial charge in [0.15, 0.2) is 16.4 Å². The summed E-state index contributed by atoms with van der Waals surface area (Å²) in [5.41, 5.74) is 2.20. The highest BCUT2D eigenvalue weighted by Crippen LogP contribution is 2.40. The first-order chi connectivity index (χ1) is 12.5. The van der Waals surface area contributed by atoms with Crippen LogP contribution in [0.4, 0.5) is 13.2 Å². The third-order valence-electron chi connectivity index (χ3n) is 3.89. The van der Waals surface area contributed by atoms with Crippen molar-refractivity contribution in [3.63, 3.8) is 0 Å². The van der Waals surface area contributed by atoms with Crippen LogP contribution in [-0.4, -0.2) is 46.0 Å². The number of fused-ring (bicyclic) bond motifs is 1. The number of halogens is 3. The molecular formula is C18H18F3NO4S. The van der Waals surface area contributed by atoms with Crippen molar-refractivity contribution in [1.29, 1.82) is 0 Å². The van der Waals surface area contributed by atoms with Gasteiger partial charge >= 0.3 is 6.18 Å². The second-order valence-electron chi connectivity index (χ2n) is 6.43. The topological polar surface area (TPSA) is 55.8 Å². The number of sulfone groups is 1. The molecule has 2 aliphatic heterocycles. The summed E-state index contributed by atoms with van der Waals surface area (Å²) in [7, 11) is -1.54. The van der Waals surface area contributed by atoms with Crippen LogP contribution in [0, 0.1) is 0 Å². The Morgan fingerprint density at radius 1 is 1.22 bits per heavy atom. The Morgan fingerprint density at radius 3 is 2.63 bits per heavy atom. The maximum Gasteiger partial charge on any atom is 0.422 e. The van der Waals surface area contributed by atoms with Gasteiger partial charge in [0, 0.05) is 42.4 Å². The molecule has 0 spiro atoms. The lowest BCUT2D eigenvalue weighted by atomic mass is 9.94. The van der Waals surface area contributed by atoms with Crippen LogP contribution in [0.3, 0.4) is 0 Å². The lowest BCUT2D eigenvalue weighted by Crippen LogP contribution is -2.20. The molecule has 5 nitrogen and oxygen atoms in total. The van der Waals surface area contributed by atoms with E-state index in [1.54, 1.807) is 30.4 Å². The van der Waals surface area contributed by atoms with E-state index in [0.29, 0.717) is 29.1 Å². The molecule has 0 aromatic heterocycles. The fraction of sp³-hybridized carbons (Fsp3) is 0.333. The van der Waals surface area contributed by atoms with Gasteiger partial charge in [0.05, 0.1) is 5.75 Å². The molecule has 0 bridgehead atoms. The molecule has 0 saturated heterocycles. The van der Waals surface area contributed by atoms with Crippen molar-refractivity contribution in [2.45, 2.75) is 11.9 Å². The van der Waals surface area contributed by atoms with E-state index < -0.39 is 22.6 Å². The Hall–Kier alpha value is -2.42. The van der Waals surface area contributed by atoms with Gasteiger partial charge in [-0.05, 0) is 23.8 Å². The summed E-state index contributed by atoms with van der Waals surface area (Å²) in [6.07, 6.45) is 1.94. The van der Waals surface area contributed by atoms with Crippen molar-refractivity contribution in [3.8, 4) is 5.75 Å². The Bertz CT molecular complexity index is 946. The summed E-state index contributed by atoms with van der Waals surface area (Å²) in [6.45, 7) is -1.08. The van der Waals surface area contributed by atoms with Crippen LogP contribution in [0.2, 0.25) is 0 Å². The van der Waals surface area contributed by atoms with Crippen molar-refractivity contribution < 1.29 is 31.1 Å².